The molecule has 0 spiro atoms. The fraction of sp³-hybridized carbons (Fsp3) is 0.286. The fourth-order valence-corrected chi connectivity index (χ4v) is 3.50. The van der Waals surface area contributed by atoms with Gasteiger partial charge in [-0.1, -0.05) is 17.3 Å². The fourth-order valence-electron chi connectivity index (χ4n) is 2.85. The maximum absolute atomic E-state index is 12.9. The second-order valence-corrected chi connectivity index (χ2v) is 7.53. The highest BCUT2D eigenvalue weighted by Crippen LogP contribution is 2.40. The zero-order valence-electron chi connectivity index (χ0n) is 17.9. The van der Waals surface area contributed by atoms with Crippen molar-refractivity contribution in [1.29, 1.82) is 0 Å². The van der Waals surface area contributed by atoms with Crippen LogP contribution in [0, 0.1) is 0 Å². The monoisotopic (exact) mass is 483 g/mol. The van der Waals surface area contributed by atoms with E-state index in [1.54, 1.807) is 12.1 Å². The Labute approximate surface area is 191 Å². The Bertz CT molecular complexity index is 1100. The Hall–Kier alpha value is -3.41. The number of halogens is 3. The summed E-state index contributed by atoms with van der Waals surface area (Å²) in [5.74, 6) is 1.39. The van der Waals surface area contributed by atoms with Crippen LogP contribution in [0.5, 0.6) is 17.2 Å². The van der Waals surface area contributed by atoms with Gasteiger partial charge in [0.2, 0.25) is 23.4 Å². The van der Waals surface area contributed by atoms with Crippen molar-refractivity contribution in [2.45, 2.75) is 11.9 Å². The summed E-state index contributed by atoms with van der Waals surface area (Å²) >= 11 is 1.20. The molecule has 0 saturated carbocycles. The molecule has 0 aliphatic heterocycles. The summed E-state index contributed by atoms with van der Waals surface area (Å²) in [6.45, 7) is 0. The van der Waals surface area contributed by atoms with Crippen molar-refractivity contribution in [1.82, 2.24) is 10.1 Å². The van der Waals surface area contributed by atoms with Gasteiger partial charge in [-0.3, -0.25) is 4.79 Å². The molecule has 8 nitrogen and oxygen atoms in total. The van der Waals surface area contributed by atoms with Gasteiger partial charge in [0.25, 0.3) is 0 Å². The number of ether oxygens (including phenoxy) is 3. The first kappa shape index (κ1) is 24.2. The van der Waals surface area contributed by atoms with E-state index in [0.717, 1.165) is 12.1 Å². The molecule has 1 aromatic heterocycles. The number of carbonyl (C=O) groups is 1. The molecular weight excluding hydrogens is 463 g/mol. The van der Waals surface area contributed by atoms with E-state index in [1.165, 1.54) is 45.2 Å². The average Bonchev–Trinajstić information content (AvgIpc) is 3.26. The molecule has 0 fully saturated rings. The lowest BCUT2D eigenvalue weighted by Gasteiger charge is -2.14. The van der Waals surface area contributed by atoms with Crippen molar-refractivity contribution in [2.24, 2.45) is 0 Å². The van der Waals surface area contributed by atoms with E-state index < -0.39 is 11.7 Å². The van der Waals surface area contributed by atoms with Crippen molar-refractivity contribution < 1.29 is 36.7 Å². The molecule has 2 aromatic carbocycles. The van der Waals surface area contributed by atoms with Gasteiger partial charge in [0.1, 0.15) is 0 Å². The Morgan fingerprint density at radius 2 is 1.79 bits per heavy atom. The number of rotatable bonds is 9. The Morgan fingerprint density at radius 1 is 1.09 bits per heavy atom. The number of nitrogens with zero attached hydrogens (tertiary/aromatic N) is 2. The number of hydrogen-bond donors (Lipinski definition) is 1. The lowest BCUT2D eigenvalue weighted by molar-refractivity contribution is -0.137. The van der Waals surface area contributed by atoms with E-state index >= 15 is 0 Å². The third kappa shape index (κ3) is 6.09. The second kappa shape index (κ2) is 10.5. The number of thioether (sulfide) groups is 1. The lowest BCUT2D eigenvalue weighted by Crippen LogP contribution is -2.14. The van der Waals surface area contributed by atoms with E-state index in [-0.39, 0.29) is 34.7 Å². The van der Waals surface area contributed by atoms with Gasteiger partial charge >= 0.3 is 6.18 Å². The molecule has 0 unspecified atom stereocenters. The van der Waals surface area contributed by atoms with Crippen molar-refractivity contribution >= 4 is 23.4 Å². The summed E-state index contributed by atoms with van der Waals surface area (Å²) in [5, 5.41) is 6.45. The zero-order valence-corrected chi connectivity index (χ0v) is 18.7. The van der Waals surface area contributed by atoms with Gasteiger partial charge in [-0.05, 0) is 12.1 Å². The Balaban J connectivity index is 1.58. The van der Waals surface area contributed by atoms with Gasteiger partial charge in [0.15, 0.2) is 11.5 Å². The molecule has 12 heteroatoms. The summed E-state index contributed by atoms with van der Waals surface area (Å²) in [5.41, 5.74) is -0.158. The maximum atomic E-state index is 12.9. The predicted octanol–water partition coefficient (Wildman–Crippen LogP) is 4.65. The molecule has 1 heterocycles. The number of benzene rings is 2. The minimum Gasteiger partial charge on any atom is -0.493 e. The smallest absolute Gasteiger partial charge is 0.416 e. The molecule has 3 aromatic rings. The molecule has 0 aliphatic carbocycles. The van der Waals surface area contributed by atoms with Gasteiger partial charge in [0.05, 0.1) is 38.4 Å². The van der Waals surface area contributed by atoms with Crippen LogP contribution >= 0.6 is 11.8 Å². The van der Waals surface area contributed by atoms with Crippen molar-refractivity contribution in [3.05, 3.63) is 47.9 Å². The zero-order chi connectivity index (χ0) is 24.0. The second-order valence-electron chi connectivity index (χ2n) is 6.55. The highest BCUT2D eigenvalue weighted by molar-refractivity contribution is 7.99. The molecule has 0 aliphatic rings. The molecule has 0 bridgehead atoms. The van der Waals surface area contributed by atoms with Gasteiger partial charge < -0.3 is 24.1 Å². The van der Waals surface area contributed by atoms with Crippen LogP contribution in [0.25, 0.3) is 11.4 Å². The number of nitrogens with one attached hydrogen (secondary N) is 1. The van der Waals surface area contributed by atoms with Crippen LogP contribution in [0.15, 0.2) is 40.9 Å². The highest BCUT2D eigenvalue weighted by atomic mass is 32.2. The van der Waals surface area contributed by atoms with Crippen molar-refractivity contribution in [3.63, 3.8) is 0 Å². The minimum absolute atomic E-state index is 0.0403. The number of carbonyl (C=O) groups excluding carboxylic acids is 1. The summed E-state index contributed by atoms with van der Waals surface area (Å²) in [6.07, 6.45) is -4.47. The number of methoxy groups -OCH3 is 3. The Morgan fingerprint density at radius 3 is 2.39 bits per heavy atom. The molecule has 0 saturated heterocycles. The molecule has 0 radical (unpaired) electrons. The quantitative estimate of drug-likeness (QED) is 0.470. The van der Waals surface area contributed by atoms with E-state index in [2.05, 4.69) is 15.5 Å². The van der Waals surface area contributed by atoms with E-state index in [9.17, 15) is 18.0 Å². The maximum Gasteiger partial charge on any atom is 0.416 e. The van der Waals surface area contributed by atoms with E-state index in [1.807, 2.05) is 0 Å². The summed E-state index contributed by atoms with van der Waals surface area (Å²) < 4.78 is 59.5. The molecular formula is C21H20F3N3O5S. The van der Waals surface area contributed by atoms with Crippen LogP contribution in [0.1, 0.15) is 11.5 Å². The standard InChI is InChI=1S/C21H20F3N3O5S/c1-29-15-8-14(9-16(30-2)19(15)31-3)25-17(28)10-33-11-18-26-20(27-32-18)12-5-4-6-13(7-12)21(22,23)24/h4-9H,10-11H2,1-3H3,(H,25,28). The first-order chi connectivity index (χ1) is 15.7. The average molecular weight is 483 g/mol. The molecule has 33 heavy (non-hydrogen) atoms. The number of anilines is 1. The molecule has 0 atom stereocenters. The van der Waals surface area contributed by atoms with Crippen LogP contribution in [0.3, 0.4) is 0 Å². The molecule has 176 valence electrons. The predicted molar refractivity (Wildman–Crippen MR) is 116 cm³/mol. The van der Waals surface area contributed by atoms with Crippen LogP contribution in [-0.2, 0) is 16.7 Å². The van der Waals surface area contributed by atoms with Crippen LogP contribution in [-0.4, -0.2) is 43.1 Å². The van der Waals surface area contributed by atoms with Crippen LogP contribution in [0.2, 0.25) is 0 Å². The van der Waals surface area contributed by atoms with Crippen LogP contribution in [0.4, 0.5) is 18.9 Å². The van der Waals surface area contributed by atoms with Crippen molar-refractivity contribution in [2.75, 3.05) is 32.4 Å². The topological polar surface area (TPSA) is 95.7 Å². The number of hydrogen-bond acceptors (Lipinski definition) is 8. The summed E-state index contributed by atoms with van der Waals surface area (Å²) in [7, 11) is 4.42. The van der Waals surface area contributed by atoms with Gasteiger partial charge in [-0.15, -0.1) is 11.8 Å². The van der Waals surface area contributed by atoms with E-state index in [4.69, 9.17) is 18.7 Å². The third-order valence-corrected chi connectivity index (χ3v) is 5.24. The van der Waals surface area contributed by atoms with Crippen molar-refractivity contribution in [3.8, 4) is 28.6 Å². The van der Waals surface area contributed by atoms with Gasteiger partial charge in [0, 0.05) is 23.4 Å². The normalized spacial score (nSPS) is 11.2. The summed E-state index contributed by atoms with van der Waals surface area (Å²) in [4.78, 5) is 16.4. The molecule has 1 N–H and O–H groups in total. The highest BCUT2D eigenvalue weighted by Gasteiger charge is 2.30. The van der Waals surface area contributed by atoms with Gasteiger partial charge in [-0.25, -0.2) is 0 Å². The minimum atomic E-state index is -4.47. The number of amides is 1. The van der Waals surface area contributed by atoms with Gasteiger partial charge in [-0.2, -0.15) is 18.2 Å². The Kier molecular flexibility index (Phi) is 7.69. The number of alkyl halides is 3. The first-order valence-corrected chi connectivity index (χ1v) is 10.6. The third-order valence-electron chi connectivity index (χ3n) is 4.32. The molecule has 1 amide bonds. The lowest BCUT2D eigenvalue weighted by atomic mass is 10.1. The van der Waals surface area contributed by atoms with Crippen LogP contribution < -0.4 is 19.5 Å². The SMILES string of the molecule is COc1cc(NC(=O)CSCc2nc(-c3cccc(C(F)(F)F)c3)no2)cc(OC)c1OC. The first-order valence-electron chi connectivity index (χ1n) is 9.43. The summed E-state index contributed by atoms with van der Waals surface area (Å²) in [6, 6.07) is 7.85. The largest absolute Gasteiger partial charge is 0.493 e. The van der Waals surface area contributed by atoms with E-state index in [0.29, 0.717) is 22.9 Å². The molecule has 3 rings (SSSR count). The number of aromatic nitrogens is 2.